The molecule has 1 aromatic rings. The second-order valence-electron chi connectivity index (χ2n) is 8.64. The van der Waals surface area contributed by atoms with Crippen LogP contribution in [0.25, 0.3) is 0 Å². The first-order valence-electron chi connectivity index (χ1n) is 10.4. The highest BCUT2D eigenvalue weighted by atomic mass is 16.2. The van der Waals surface area contributed by atoms with E-state index in [9.17, 15) is 4.79 Å². The van der Waals surface area contributed by atoms with E-state index in [1.807, 2.05) is 18.2 Å². The number of hydrogen-bond acceptors (Lipinski definition) is 3. The zero-order chi connectivity index (χ0) is 17.7. The molecule has 1 amide bonds. The van der Waals surface area contributed by atoms with E-state index in [-0.39, 0.29) is 5.91 Å². The summed E-state index contributed by atoms with van der Waals surface area (Å²) in [7, 11) is 2.26. The summed E-state index contributed by atoms with van der Waals surface area (Å²) < 4.78 is 0. The van der Waals surface area contributed by atoms with Gasteiger partial charge in [0.2, 0.25) is 0 Å². The predicted molar refractivity (Wildman–Crippen MR) is 104 cm³/mol. The lowest BCUT2D eigenvalue weighted by molar-refractivity contribution is 0.0687. The molecule has 26 heavy (non-hydrogen) atoms. The van der Waals surface area contributed by atoms with Gasteiger partial charge in [-0.05, 0) is 51.6 Å². The van der Waals surface area contributed by atoms with Crippen LogP contribution in [0.3, 0.4) is 0 Å². The predicted octanol–water partition coefficient (Wildman–Crippen LogP) is 3.85. The van der Waals surface area contributed by atoms with E-state index >= 15 is 0 Å². The van der Waals surface area contributed by atoms with E-state index in [1.165, 1.54) is 44.9 Å². The molecule has 2 atom stereocenters. The average molecular weight is 351 g/mol. The van der Waals surface area contributed by atoms with Crippen molar-refractivity contribution in [3.63, 3.8) is 0 Å². The maximum atomic E-state index is 13.3. The first-order chi connectivity index (χ1) is 12.7. The Balaban J connectivity index is 1.50. The van der Waals surface area contributed by atoms with Gasteiger partial charge in [0.05, 0.1) is 11.6 Å². The molecule has 0 spiro atoms. The number of benzene rings is 1. The molecule has 2 bridgehead atoms. The number of rotatable bonds is 2. The van der Waals surface area contributed by atoms with Crippen molar-refractivity contribution in [2.45, 2.75) is 82.0 Å². The van der Waals surface area contributed by atoms with Crippen molar-refractivity contribution in [1.82, 2.24) is 9.80 Å². The van der Waals surface area contributed by atoms with Crippen molar-refractivity contribution in [3.8, 4) is 0 Å². The summed E-state index contributed by atoms with van der Waals surface area (Å²) in [4.78, 5) is 23.1. The summed E-state index contributed by atoms with van der Waals surface area (Å²) in [5.74, 6) is 1.16. The number of aliphatic imine (C=N–C) groups is 1. The molecule has 3 heterocycles. The molecular weight excluding hydrogens is 322 g/mol. The topological polar surface area (TPSA) is 35.9 Å². The Morgan fingerprint density at radius 2 is 1.54 bits per heavy atom. The minimum absolute atomic E-state index is 0.184. The van der Waals surface area contributed by atoms with Crippen LogP contribution in [0.5, 0.6) is 0 Å². The van der Waals surface area contributed by atoms with Gasteiger partial charge in [0.15, 0.2) is 0 Å². The molecule has 4 nitrogen and oxygen atoms in total. The van der Waals surface area contributed by atoms with Gasteiger partial charge in [-0.25, -0.2) is 0 Å². The summed E-state index contributed by atoms with van der Waals surface area (Å²) in [5.41, 5.74) is 1.92. The minimum Gasteiger partial charge on any atom is -0.300 e. The molecule has 138 valence electrons. The molecule has 0 N–H and O–H groups in total. The van der Waals surface area contributed by atoms with Gasteiger partial charge in [0, 0.05) is 23.7 Å². The van der Waals surface area contributed by atoms with E-state index in [2.05, 4.69) is 22.9 Å². The summed E-state index contributed by atoms with van der Waals surface area (Å²) in [6.07, 6.45) is 11.0. The zero-order valence-electron chi connectivity index (χ0n) is 15.7. The van der Waals surface area contributed by atoms with Gasteiger partial charge in [-0.2, -0.15) is 0 Å². The molecule has 0 aromatic heterocycles. The Morgan fingerprint density at radius 1 is 0.885 bits per heavy atom. The van der Waals surface area contributed by atoms with Crippen LogP contribution in [0, 0.1) is 0 Å². The molecule has 3 aliphatic heterocycles. The number of hydrogen-bond donors (Lipinski definition) is 0. The Hall–Kier alpha value is -1.68. The normalized spacial score (nSPS) is 33.9. The third-order valence-electron chi connectivity index (χ3n) is 7.16. The Morgan fingerprint density at radius 3 is 2.23 bits per heavy atom. The van der Waals surface area contributed by atoms with E-state index in [4.69, 9.17) is 4.99 Å². The smallest absolute Gasteiger partial charge is 0.260 e. The highest BCUT2D eigenvalue weighted by molar-refractivity contribution is 6.23. The SMILES string of the molecule is CN1C2CCC1CC(N1C(=O)c3ccccc3C1=NC1CCCCC1)C2. The summed E-state index contributed by atoms with van der Waals surface area (Å²) in [5, 5.41) is 0. The van der Waals surface area contributed by atoms with Gasteiger partial charge in [0.1, 0.15) is 5.84 Å². The monoisotopic (exact) mass is 351 g/mol. The van der Waals surface area contributed by atoms with Gasteiger partial charge in [0.25, 0.3) is 5.91 Å². The number of carbonyl (C=O) groups excluding carboxylic acids is 1. The van der Waals surface area contributed by atoms with Crippen molar-refractivity contribution < 1.29 is 4.79 Å². The third-order valence-corrected chi connectivity index (χ3v) is 7.16. The van der Waals surface area contributed by atoms with Gasteiger partial charge in [-0.1, -0.05) is 37.5 Å². The number of carbonyl (C=O) groups is 1. The summed E-state index contributed by atoms with van der Waals surface area (Å²) in [6.45, 7) is 0. The number of nitrogens with zero attached hydrogens (tertiary/aromatic N) is 3. The lowest BCUT2D eigenvalue weighted by Gasteiger charge is -2.40. The van der Waals surface area contributed by atoms with Crippen LogP contribution in [0.1, 0.15) is 73.7 Å². The Labute approximate surface area is 156 Å². The summed E-state index contributed by atoms with van der Waals surface area (Å²) >= 11 is 0. The van der Waals surface area contributed by atoms with Crippen LogP contribution in [-0.4, -0.2) is 52.8 Å². The van der Waals surface area contributed by atoms with E-state index in [1.54, 1.807) is 0 Å². The number of amides is 1. The van der Waals surface area contributed by atoms with Gasteiger partial charge in [-0.15, -0.1) is 0 Å². The highest BCUT2D eigenvalue weighted by Crippen LogP contribution is 2.39. The molecule has 3 fully saturated rings. The fourth-order valence-electron chi connectivity index (χ4n) is 5.67. The second kappa shape index (κ2) is 6.49. The van der Waals surface area contributed by atoms with Crippen molar-refractivity contribution in [2.75, 3.05) is 7.05 Å². The van der Waals surface area contributed by atoms with Gasteiger partial charge in [-0.3, -0.25) is 14.7 Å². The van der Waals surface area contributed by atoms with Crippen molar-refractivity contribution in [1.29, 1.82) is 0 Å². The molecule has 1 aliphatic carbocycles. The molecule has 5 rings (SSSR count). The van der Waals surface area contributed by atoms with E-state index in [0.29, 0.717) is 24.2 Å². The third kappa shape index (κ3) is 2.61. The first kappa shape index (κ1) is 16.5. The second-order valence-corrected chi connectivity index (χ2v) is 8.64. The van der Waals surface area contributed by atoms with Crippen LogP contribution in [0.15, 0.2) is 29.3 Å². The molecule has 2 unspecified atom stereocenters. The molecule has 1 saturated carbocycles. The Bertz CT molecular complexity index is 723. The molecule has 0 radical (unpaired) electrons. The number of fused-ring (bicyclic) bond motifs is 3. The lowest BCUT2D eigenvalue weighted by Crippen LogP contribution is -2.51. The maximum Gasteiger partial charge on any atom is 0.260 e. The largest absolute Gasteiger partial charge is 0.300 e. The average Bonchev–Trinajstić information content (AvgIpc) is 3.04. The van der Waals surface area contributed by atoms with E-state index < -0.39 is 0 Å². The first-order valence-corrected chi connectivity index (χ1v) is 10.4. The molecule has 4 heteroatoms. The number of piperidine rings is 1. The van der Waals surface area contributed by atoms with E-state index in [0.717, 1.165) is 29.8 Å². The maximum absolute atomic E-state index is 13.3. The lowest BCUT2D eigenvalue weighted by atomic mass is 9.95. The van der Waals surface area contributed by atoms with Crippen molar-refractivity contribution in [3.05, 3.63) is 35.4 Å². The van der Waals surface area contributed by atoms with Crippen LogP contribution >= 0.6 is 0 Å². The van der Waals surface area contributed by atoms with Crippen LogP contribution in [0.2, 0.25) is 0 Å². The minimum atomic E-state index is 0.184. The van der Waals surface area contributed by atoms with Crippen LogP contribution in [-0.2, 0) is 0 Å². The van der Waals surface area contributed by atoms with Crippen molar-refractivity contribution >= 4 is 11.7 Å². The molecule has 2 saturated heterocycles. The standard InChI is InChI=1S/C22H29N3O/c1-24-16-11-12-17(24)14-18(13-16)25-21(23-15-7-3-2-4-8-15)19-9-5-6-10-20(19)22(25)26/h5-6,9-10,15-18H,2-4,7-8,11-14H2,1H3. The molecular formula is C22H29N3O. The van der Waals surface area contributed by atoms with Crippen molar-refractivity contribution in [2.24, 2.45) is 4.99 Å². The highest BCUT2D eigenvalue weighted by Gasteiger charge is 2.45. The zero-order valence-corrected chi connectivity index (χ0v) is 15.7. The van der Waals surface area contributed by atoms with Gasteiger partial charge >= 0.3 is 0 Å². The fraction of sp³-hybridized carbons (Fsp3) is 0.636. The molecule has 4 aliphatic rings. The van der Waals surface area contributed by atoms with Gasteiger partial charge < -0.3 is 4.90 Å². The quantitative estimate of drug-likeness (QED) is 0.811. The Kier molecular flexibility index (Phi) is 4.11. The fourth-order valence-corrected chi connectivity index (χ4v) is 5.67. The molecule has 1 aromatic carbocycles. The van der Waals surface area contributed by atoms with Crippen LogP contribution < -0.4 is 0 Å². The number of amidine groups is 1. The van der Waals surface area contributed by atoms with Crippen LogP contribution in [0.4, 0.5) is 0 Å². The summed E-state index contributed by atoms with van der Waals surface area (Å²) in [6, 6.07) is 10.1.